The van der Waals surface area contributed by atoms with Crippen molar-refractivity contribution < 1.29 is 52.5 Å². The summed E-state index contributed by atoms with van der Waals surface area (Å²) in [6.07, 6.45) is 34.6. The Balaban J connectivity index is 0.000000230. The molecule has 4 aromatic carbocycles. The molecular formula is C91H136O11. The van der Waals surface area contributed by atoms with E-state index in [1.54, 1.807) is 0 Å². The third-order valence-electron chi connectivity index (χ3n) is 23.7. The third kappa shape index (κ3) is 23.8. The summed E-state index contributed by atoms with van der Waals surface area (Å²) in [4.78, 5) is 73.6. The van der Waals surface area contributed by atoms with Crippen molar-refractivity contribution in [3.8, 4) is 0 Å². The third-order valence-corrected chi connectivity index (χ3v) is 23.7. The lowest BCUT2D eigenvalue weighted by molar-refractivity contribution is -0.177. The molecule has 0 amide bonds. The molecule has 2 unspecified atom stereocenters. The molecular weight excluding hydrogens is 1270 g/mol. The van der Waals surface area contributed by atoms with Gasteiger partial charge in [0.15, 0.2) is 0 Å². The Kier molecular flexibility index (Phi) is 33.1. The minimum absolute atomic E-state index is 0.00259. The van der Waals surface area contributed by atoms with Crippen LogP contribution in [0, 0.1) is 39.9 Å². The molecule has 5 aliphatic rings. The van der Waals surface area contributed by atoms with Gasteiger partial charge in [0.05, 0.1) is 27.1 Å². The Labute approximate surface area is 618 Å². The van der Waals surface area contributed by atoms with Crippen LogP contribution in [-0.2, 0) is 81.3 Å². The van der Waals surface area contributed by atoms with Crippen LogP contribution >= 0.6 is 0 Å². The molecule has 5 saturated carbocycles. The Morgan fingerprint density at radius 2 is 0.657 bits per heavy atom. The predicted octanol–water partition coefficient (Wildman–Crippen LogP) is 23.8. The molecule has 566 valence electrons. The molecule has 4 aromatic rings. The van der Waals surface area contributed by atoms with Crippen molar-refractivity contribution in [2.45, 2.75) is 345 Å². The standard InChI is InChI=1S/C20H30O2.C19H28O2.C18H26O2.C17H28O3.C17H24O2/c1-5-16-10-12-17(13-11-16)20(14-8-7-9-15-20)22-18(21)19(3,4)6-2;1-5-18(3,4)17(20)21-19(13-7-6-8-14-19)16-11-9-15(2)10-12-16;1-4-17(2,3)16(19)20-18(13-9-6-10-14-18)15-11-7-5-8-12-15;1-5-7-10-17(11-8-9-14(12-17)13-18)20-15(19)16(3,4)6-2;1-4-16(2,3)15(18)19-17(12-8-9-13-17)14-10-6-5-7-11-14/h10-13H,5-9,14-15H2,1-4H3;9-12H,5-8,13-14H2,1-4H3;5,7-8,11-12H,4,6,9-10,13-14H2,1-3H3;7,10,13-14H,5-6,8-9,11-12H2,1-4H3;5-7,10-11H,4,8-9,12-13H2,1-3H3/b;;;10-7-;. The van der Waals surface area contributed by atoms with E-state index in [-0.39, 0.29) is 41.4 Å². The number of ether oxygens (including phenoxy) is 5. The first-order valence-electron chi connectivity index (χ1n) is 39.8. The summed E-state index contributed by atoms with van der Waals surface area (Å²) in [5.74, 6) is -0.412. The average molecular weight is 1410 g/mol. The second kappa shape index (κ2) is 39.1. The average Bonchev–Trinajstić information content (AvgIpc) is 1.08. The van der Waals surface area contributed by atoms with Crippen LogP contribution in [0.5, 0.6) is 0 Å². The summed E-state index contributed by atoms with van der Waals surface area (Å²) in [6.45, 7) is 36.0. The van der Waals surface area contributed by atoms with Gasteiger partial charge in [0.2, 0.25) is 0 Å². The van der Waals surface area contributed by atoms with E-state index >= 15 is 0 Å². The summed E-state index contributed by atoms with van der Waals surface area (Å²) in [5, 5.41) is 0. The van der Waals surface area contributed by atoms with Gasteiger partial charge in [-0.2, -0.15) is 0 Å². The van der Waals surface area contributed by atoms with Crippen molar-refractivity contribution in [3.63, 3.8) is 0 Å². The lowest BCUT2D eigenvalue weighted by Gasteiger charge is -2.39. The van der Waals surface area contributed by atoms with E-state index in [1.165, 1.54) is 36.0 Å². The van der Waals surface area contributed by atoms with Crippen molar-refractivity contribution in [3.05, 3.63) is 155 Å². The van der Waals surface area contributed by atoms with Gasteiger partial charge in [-0.15, -0.1) is 0 Å². The Hall–Kier alpha value is -6.36. The van der Waals surface area contributed by atoms with Crippen LogP contribution in [0.1, 0.15) is 337 Å². The summed E-state index contributed by atoms with van der Waals surface area (Å²) in [6, 6.07) is 37.6. The zero-order valence-electron chi connectivity index (χ0n) is 66.9. The Morgan fingerprint density at radius 1 is 0.373 bits per heavy atom. The normalized spacial score (nSPS) is 20.1. The number of carbonyl (C=O) groups excluding carboxylic acids is 6. The highest BCUT2D eigenvalue weighted by molar-refractivity contribution is 5.79. The van der Waals surface area contributed by atoms with Gasteiger partial charge in [0, 0.05) is 12.3 Å². The predicted molar refractivity (Wildman–Crippen MR) is 415 cm³/mol. The van der Waals surface area contributed by atoms with Crippen molar-refractivity contribution in [1.29, 1.82) is 0 Å². The van der Waals surface area contributed by atoms with Gasteiger partial charge in [0.1, 0.15) is 34.3 Å². The molecule has 2 atom stereocenters. The molecule has 11 heteroatoms. The number of carbonyl (C=O) groups is 6. The second-order valence-corrected chi connectivity index (χ2v) is 33.5. The first-order chi connectivity index (χ1) is 48.2. The summed E-state index contributed by atoms with van der Waals surface area (Å²) in [7, 11) is 0. The highest BCUT2D eigenvalue weighted by Crippen LogP contribution is 2.48. The number of allylic oxidation sites excluding steroid dienone is 1. The molecule has 0 aliphatic heterocycles. The van der Waals surface area contributed by atoms with Crippen LogP contribution < -0.4 is 0 Å². The van der Waals surface area contributed by atoms with Crippen molar-refractivity contribution in [1.82, 2.24) is 0 Å². The van der Waals surface area contributed by atoms with E-state index < -0.39 is 49.5 Å². The highest BCUT2D eigenvalue weighted by Gasteiger charge is 2.47. The molecule has 0 spiro atoms. The highest BCUT2D eigenvalue weighted by atomic mass is 16.6. The summed E-state index contributed by atoms with van der Waals surface area (Å²) in [5.41, 5.74) is 2.93. The van der Waals surface area contributed by atoms with E-state index in [0.29, 0.717) is 6.42 Å². The number of aldehydes is 1. The zero-order chi connectivity index (χ0) is 75.5. The molecule has 0 aromatic heterocycles. The number of esters is 5. The lowest BCUT2D eigenvalue weighted by Crippen LogP contribution is -2.42. The number of hydrogen-bond acceptors (Lipinski definition) is 11. The SMILES string of the molecule is CC/C=C\C1(OC(=O)C(C)(C)CC)CCCC(C=O)C1.CCC(C)(C)C(=O)OC1(c2ccc(C)cc2)CCCCC1.CCC(C)(C)C(=O)OC1(c2ccccc2)CCCC1.CCC(C)(C)C(=O)OC1(c2ccccc2)CCCCC1.CCc1ccc(C2(OC(=O)C(C)(C)CC)CCCCC2)cc1. The molecule has 0 N–H and O–H groups in total. The first-order valence-corrected chi connectivity index (χ1v) is 39.8. The van der Waals surface area contributed by atoms with Crippen LogP contribution in [0.3, 0.4) is 0 Å². The van der Waals surface area contributed by atoms with Gasteiger partial charge in [0.25, 0.3) is 0 Å². The van der Waals surface area contributed by atoms with Gasteiger partial charge in [-0.1, -0.05) is 189 Å². The molecule has 9 rings (SSSR count). The van der Waals surface area contributed by atoms with Crippen molar-refractivity contribution in [2.24, 2.45) is 33.0 Å². The summed E-state index contributed by atoms with van der Waals surface area (Å²) >= 11 is 0. The molecule has 0 radical (unpaired) electrons. The molecule has 5 aliphatic carbocycles. The topological polar surface area (TPSA) is 149 Å². The van der Waals surface area contributed by atoms with E-state index in [9.17, 15) is 28.8 Å². The fourth-order valence-corrected chi connectivity index (χ4v) is 13.8. The van der Waals surface area contributed by atoms with E-state index in [4.69, 9.17) is 23.7 Å². The quantitative estimate of drug-likeness (QED) is 0.0302. The lowest BCUT2D eigenvalue weighted by atomic mass is 9.77. The molecule has 11 nitrogen and oxygen atoms in total. The molecule has 5 fully saturated rings. The van der Waals surface area contributed by atoms with Gasteiger partial charge < -0.3 is 28.5 Å². The zero-order valence-corrected chi connectivity index (χ0v) is 66.9. The monoisotopic (exact) mass is 1410 g/mol. The first kappa shape index (κ1) is 86.3. The number of aryl methyl sites for hydroxylation is 2. The van der Waals surface area contributed by atoms with Crippen LogP contribution in [0.15, 0.2) is 121 Å². The number of rotatable bonds is 23. The van der Waals surface area contributed by atoms with E-state index in [0.717, 1.165) is 190 Å². The van der Waals surface area contributed by atoms with Gasteiger partial charge in [-0.05, 0) is 277 Å². The smallest absolute Gasteiger partial charge is 0.312 e. The molecule has 0 saturated heterocycles. The largest absolute Gasteiger partial charge is 0.454 e. The van der Waals surface area contributed by atoms with E-state index in [1.807, 2.05) is 152 Å². The minimum Gasteiger partial charge on any atom is -0.454 e. The van der Waals surface area contributed by atoms with Crippen LogP contribution in [-0.4, -0.2) is 41.7 Å². The van der Waals surface area contributed by atoms with Gasteiger partial charge >= 0.3 is 29.8 Å². The van der Waals surface area contributed by atoms with Crippen molar-refractivity contribution >= 4 is 36.1 Å². The van der Waals surface area contributed by atoms with Crippen LogP contribution in [0.2, 0.25) is 0 Å². The maximum atomic E-state index is 12.6. The van der Waals surface area contributed by atoms with Gasteiger partial charge in [-0.3, -0.25) is 24.0 Å². The second-order valence-electron chi connectivity index (χ2n) is 33.5. The van der Waals surface area contributed by atoms with Crippen molar-refractivity contribution in [2.75, 3.05) is 0 Å². The number of benzene rings is 4. The van der Waals surface area contributed by atoms with E-state index in [2.05, 4.69) is 93.6 Å². The molecule has 0 heterocycles. The summed E-state index contributed by atoms with van der Waals surface area (Å²) < 4.78 is 30.2. The van der Waals surface area contributed by atoms with Crippen LogP contribution in [0.4, 0.5) is 0 Å². The maximum Gasteiger partial charge on any atom is 0.312 e. The Morgan fingerprint density at radius 3 is 0.941 bits per heavy atom. The molecule has 0 bridgehead atoms. The maximum absolute atomic E-state index is 12.6. The molecule has 102 heavy (non-hydrogen) atoms. The fourth-order valence-electron chi connectivity index (χ4n) is 13.8. The van der Waals surface area contributed by atoms with Crippen LogP contribution in [0.25, 0.3) is 0 Å². The van der Waals surface area contributed by atoms with Gasteiger partial charge in [-0.25, -0.2) is 0 Å². The Bertz CT molecular complexity index is 3220. The fraction of sp³-hybridized carbons (Fsp3) is 0.648. The minimum atomic E-state index is -0.580. The number of hydrogen-bond donors (Lipinski definition) is 0.